The Morgan fingerprint density at radius 2 is 1.78 bits per heavy atom. The minimum Gasteiger partial charge on any atom is -0.496 e. The number of hydrogen-bond donors (Lipinski definition) is 2. The molecule has 5 heteroatoms. The van der Waals surface area contributed by atoms with Crippen molar-refractivity contribution in [1.82, 2.24) is 9.97 Å². The lowest BCUT2D eigenvalue weighted by Gasteiger charge is -2.02. The van der Waals surface area contributed by atoms with Crippen LogP contribution in [0.15, 0.2) is 33.9 Å². The van der Waals surface area contributed by atoms with E-state index < -0.39 is 11.1 Å². The summed E-state index contributed by atoms with van der Waals surface area (Å²) in [4.78, 5) is 28.2. The molecule has 2 aromatic rings. The molecule has 1 aromatic carbocycles. The van der Waals surface area contributed by atoms with Crippen molar-refractivity contribution in [2.75, 3.05) is 7.11 Å². The molecule has 2 N–H and O–H groups in total. The van der Waals surface area contributed by atoms with Crippen molar-refractivity contribution in [3.05, 3.63) is 61.2 Å². The summed E-state index contributed by atoms with van der Waals surface area (Å²) >= 11 is 0. The number of methoxy groups -OCH3 is 1. The Morgan fingerprint density at radius 3 is 2.39 bits per heavy atom. The molecule has 0 aliphatic rings. The SMILES string of the molecule is C=c1[nH]c(=O)c(=Cc2ccccc2OC)c(=O)[nH]1. The predicted octanol–water partition coefficient (Wildman–Crippen LogP) is -0.689. The lowest BCUT2D eigenvalue weighted by atomic mass is 10.2. The van der Waals surface area contributed by atoms with E-state index in [2.05, 4.69) is 16.5 Å². The normalized spacial score (nSPS) is 10.1. The van der Waals surface area contributed by atoms with Gasteiger partial charge in [-0.25, -0.2) is 0 Å². The van der Waals surface area contributed by atoms with E-state index in [4.69, 9.17) is 4.74 Å². The lowest BCUT2D eigenvalue weighted by molar-refractivity contribution is 0.414. The number of hydrogen-bond acceptors (Lipinski definition) is 3. The minimum absolute atomic E-state index is 0.0203. The maximum absolute atomic E-state index is 11.7. The number of benzene rings is 1. The monoisotopic (exact) mass is 244 g/mol. The molecule has 18 heavy (non-hydrogen) atoms. The Hall–Kier alpha value is -2.56. The highest BCUT2D eigenvalue weighted by atomic mass is 16.5. The second-order valence-corrected chi connectivity index (χ2v) is 3.69. The topological polar surface area (TPSA) is 75.0 Å². The molecule has 0 saturated carbocycles. The molecule has 0 saturated heterocycles. The van der Waals surface area contributed by atoms with E-state index in [9.17, 15) is 9.59 Å². The van der Waals surface area contributed by atoms with Crippen LogP contribution in [0, 0.1) is 0 Å². The van der Waals surface area contributed by atoms with Gasteiger partial charge in [0, 0.05) is 5.56 Å². The molecule has 0 amide bonds. The fraction of sp³-hybridized carbons (Fsp3) is 0.0769. The largest absolute Gasteiger partial charge is 0.496 e. The summed E-state index contributed by atoms with van der Waals surface area (Å²) in [6.45, 7) is 3.47. The van der Waals surface area contributed by atoms with E-state index in [1.165, 1.54) is 13.2 Å². The molecule has 0 fully saturated rings. The van der Waals surface area contributed by atoms with E-state index in [1.807, 2.05) is 6.07 Å². The molecule has 0 aliphatic heterocycles. The molecule has 0 unspecified atom stereocenters. The Morgan fingerprint density at radius 1 is 1.17 bits per heavy atom. The van der Waals surface area contributed by atoms with Gasteiger partial charge in [0.05, 0.1) is 7.11 Å². The molecule has 0 spiro atoms. The summed E-state index contributed by atoms with van der Waals surface area (Å²) in [6, 6.07) is 7.12. The molecule has 5 nitrogen and oxygen atoms in total. The van der Waals surface area contributed by atoms with Gasteiger partial charge in [-0.15, -0.1) is 0 Å². The first-order valence-corrected chi connectivity index (χ1v) is 5.28. The van der Waals surface area contributed by atoms with E-state index in [0.717, 1.165) is 0 Å². The molecule has 1 aromatic heterocycles. The van der Waals surface area contributed by atoms with Crippen LogP contribution in [0.5, 0.6) is 5.75 Å². The third-order valence-corrected chi connectivity index (χ3v) is 2.46. The van der Waals surface area contributed by atoms with Crippen molar-refractivity contribution in [3.8, 4) is 5.75 Å². The summed E-state index contributed by atoms with van der Waals surface area (Å²) < 4.78 is 5.15. The Balaban J connectivity index is 2.77. The smallest absolute Gasteiger partial charge is 0.262 e. The van der Waals surface area contributed by atoms with Gasteiger partial charge in [-0.2, -0.15) is 0 Å². The van der Waals surface area contributed by atoms with Crippen LogP contribution in [0.2, 0.25) is 0 Å². The van der Waals surface area contributed by atoms with Crippen molar-refractivity contribution in [2.45, 2.75) is 0 Å². The van der Waals surface area contributed by atoms with E-state index in [1.54, 1.807) is 18.2 Å². The number of H-pyrrole nitrogens is 2. The minimum atomic E-state index is -0.477. The average Bonchev–Trinajstić information content (AvgIpc) is 2.34. The highest BCUT2D eigenvalue weighted by Crippen LogP contribution is 2.16. The van der Waals surface area contributed by atoms with Crippen molar-refractivity contribution in [1.29, 1.82) is 0 Å². The first-order chi connectivity index (χ1) is 8.61. The first kappa shape index (κ1) is 11.9. The number of ether oxygens (including phenoxy) is 1. The van der Waals surface area contributed by atoms with Crippen LogP contribution < -0.4 is 26.6 Å². The van der Waals surface area contributed by atoms with E-state index in [-0.39, 0.29) is 10.7 Å². The van der Waals surface area contributed by atoms with Crippen LogP contribution in [-0.2, 0) is 0 Å². The summed E-state index contributed by atoms with van der Waals surface area (Å²) in [6.07, 6.45) is 1.48. The summed E-state index contributed by atoms with van der Waals surface area (Å²) in [7, 11) is 1.53. The zero-order valence-electron chi connectivity index (χ0n) is 9.82. The highest BCUT2D eigenvalue weighted by Gasteiger charge is 2.01. The fourth-order valence-electron chi connectivity index (χ4n) is 1.62. The van der Waals surface area contributed by atoms with Crippen LogP contribution in [-0.4, -0.2) is 17.1 Å². The molecule has 1 heterocycles. The van der Waals surface area contributed by atoms with Crippen molar-refractivity contribution < 1.29 is 4.74 Å². The number of rotatable bonds is 2. The molecular weight excluding hydrogens is 232 g/mol. The van der Waals surface area contributed by atoms with Crippen LogP contribution >= 0.6 is 0 Å². The van der Waals surface area contributed by atoms with Crippen LogP contribution in [0.1, 0.15) is 5.56 Å². The molecule has 92 valence electrons. The Kier molecular flexibility index (Phi) is 3.14. The standard InChI is InChI=1S/C13H12N2O3/c1-8-14-12(16)10(13(17)15-8)7-9-5-3-4-6-11(9)18-2/h3-7H,1H2,2H3,(H,14,16)(H,15,17). The zero-order chi connectivity index (χ0) is 13.1. The molecule has 0 atom stereocenters. The predicted molar refractivity (Wildman–Crippen MR) is 69.0 cm³/mol. The lowest BCUT2D eigenvalue weighted by Crippen LogP contribution is -2.47. The molecule has 2 rings (SSSR count). The third-order valence-electron chi connectivity index (χ3n) is 2.46. The van der Waals surface area contributed by atoms with Gasteiger partial charge in [0.15, 0.2) is 0 Å². The summed E-state index contributed by atoms with van der Waals surface area (Å²) in [5, 5.41) is 0.0203. The molecule has 0 radical (unpaired) electrons. The second-order valence-electron chi connectivity index (χ2n) is 3.69. The average molecular weight is 244 g/mol. The van der Waals surface area contributed by atoms with Gasteiger partial charge in [-0.05, 0) is 12.1 Å². The van der Waals surface area contributed by atoms with Gasteiger partial charge in [0.1, 0.15) is 16.4 Å². The second kappa shape index (κ2) is 4.75. The van der Waals surface area contributed by atoms with Gasteiger partial charge in [-0.3, -0.25) is 9.59 Å². The van der Waals surface area contributed by atoms with Gasteiger partial charge in [0.25, 0.3) is 11.1 Å². The van der Waals surface area contributed by atoms with Crippen molar-refractivity contribution in [3.63, 3.8) is 0 Å². The number of aromatic amines is 2. The van der Waals surface area contributed by atoms with Crippen LogP contribution in [0.4, 0.5) is 0 Å². The van der Waals surface area contributed by atoms with Crippen molar-refractivity contribution in [2.24, 2.45) is 0 Å². The molecular formula is C13H12N2O3. The zero-order valence-corrected chi connectivity index (χ0v) is 9.82. The van der Waals surface area contributed by atoms with E-state index >= 15 is 0 Å². The first-order valence-electron chi connectivity index (χ1n) is 5.28. The maximum atomic E-state index is 11.7. The van der Waals surface area contributed by atoms with Crippen LogP contribution in [0.25, 0.3) is 12.7 Å². The third kappa shape index (κ3) is 2.24. The number of aromatic nitrogens is 2. The fourth-order valence-corrected chi connectivity index (χ4v) is 1.62. The van der Waals surface area contributed by atoms with Gasteiger partial charge < -0.3 is 14.7 Å². The quantitative estimate of drug-likeness (QED) is 0.734. The highest BCUT2D eigenvalue weighted by molar-refractivity contribution is 5.56. The molecule has 0 bridgehead atoms. The van der Waals surface area contributed by atoms with E-state index in [0.29, 0.717) is 11.3 Å². The van der Waals surface area contributed by atoms with Gasteiger partial charge in [0.2, 0.25) is 0 Å². The van der Waals surface area contributed by atoms with Crippen molar-refractivity contribution >= 4 is 12.7 Å². The number of para-hydroxylation sites is 1. The van der Waals surface area contributed by atoms with Gasteiger partial charge >= 0.3 is 0 Å². The Bertz CT molecular complexity index is 750. The summed E-state index contributed by atoms with van der Waals surface area (Å²) in [5.74, 6) is 0.593. The number of nitrogens with one attached hydrogen (secondary N) is 2. The van der Waals surface area contributed by atoms with Crippen LogP contribution in [0.3, 0.4) is 0 Å². The van der Waals surface area contributed by atoms with Gasteiger partial charge in [-0.1, -0.05) is 24.8 Å². The maximum Gasteiger partial charge on any atom is 0.262 e. The summed E-state index contributed by atoms with van der Waals surface area (Å²) in [5.41, 5.74) is -0.112. The molecule has 0 aliphatic carbocycles. The Labute approximate surface area is 102 Å².